The Morgan fingerprint density at radius 3 is 2.45 bits per heavy atom. The maximum atomic E-state index is 5.28. The van der Waals surface area contributed by atoms with Crippen molar-refractivity contribution >= 4 is 5.96 Å². The van der Waals surface area contributed by atoms with Gasteiger partial charge in [0.05, 0.1) is 0 Å². The Hall–Kier alpha value is -0.770. The van der Waals surface area contributed by atoms with Gasteiger partial charge in [-0.3, -0.25) is 5.43 Å². The van der Waals surface area contributed by atoms with E-state index in [1.54, 1.807) is 0 Å². The molecule has 0 aromatic carbocycles. The molecule has 3 N–H and O–H groups in total. The Labute approximate surface area is 68.4 Å². The van der Waals surface area contributed by atoms with Crippen molar-refractivity contribution in [3.63, 3.8) is 0 Å². The monoisotopic (exact) mass is 158 g/mol. The molecule has 0 spiro atoms. The molecule has 66 valence electrons. The van der Waals surface area contributed by atoms with Gasteiger partial charge in [-0.05, 0) is 20.8 Å². The van der Waals surface area contributed by atoms with E-state index in [2.05, 4.69) is 10.4 Å². The smallest absolute Gasteiger partial charge is 0.208 e. The largest absolute Gasteiger partial charge is 0.345 e. The highest BCUT2D eigenvalue weighted by molar-refractivity contribution is 5.79. The Morgan fingerprint density at radius 2 is 2.18 bits per heavy atom. The van der Waals surface area contributed by atoms with Crippen molar-refractivity contribution in [3.8, 4) is 0 Å². The summed E-state index contributed by atoms with van der Waals surface area (Å²) in [6, 6.07) is 0.273. The summed E-state index contributed by atoms with van der Waals surface area (Å²) < 4.78 is 0. The Bertz CT molecular complexity index is 130. The molecule has 0 aliphatic rings. The molecule has 0 aliphatic heterocycles. The van der Waals surface area contributed by atoms with Gasteiger partial charge < -0.3 is 4.90 Å². The Morgan fingerprint density at radius 1 is 1.64 bits per heavy atom. The lowest BCUT2D eigenvalue weighted by molar-refractivity contribution is 0.505. The number of nitrogens with one attached hydrogen (secondary N) is 1. The number of nitrogens with two attached hydrogens (primary N) is 1. The molecule has 0 aromatic rings. The first-order valence-corrected chi connectivity index (χ1v) is 3.87. The molecule has 0 saturated heterocycles. The van der Waals surface area contributed by atoms with Gasteiger partial charge in [0, 0.05) is 19.6 Å². The number of rotatable bonds is 2. The van der Waals surface area contributed by atoms with Crippen LogP contribution in [-0.4, -0.2) is 30.5 Å². The van der Waals surface area contributed by atoms with Gasteiger partial charge in [0.15, 0.2) is 0 Å². The molecule has 4 heteroatoms. The molecule has 4 nitrogen and oxygen atoms in total. The number of nitrogens with zero attached hydrogens (tertiary/aromatic N) is 2. The predicted molar refractivity (Wildman–Crippen MR) is 48.2 cm³/mol. The van der Waals surface area contributed by atoms with Crippen molar-refractivity contribution in [2.75, 3.05) is 13.6 Å². The van der Waals surface area contributed by atoms with Crippen LogP contribution in [0, 0.1) is 0 Å². The topological polar surface area (TPSA) is 53.6 Å². The van der Waals surface area contributed by atoms with Crippen LogP contribution in [0.5, 0.6) is 0 Å². The fourth-order valence-electron chi connectivity index (χ4n) is 0.640. The van der Waals surface area contributed by atoms with Crippen molar-refractivity contribution in [1.82, 2.24) is 10.3 Å². The maximum Gasteiger partial charge on any atom is 0.208 e. The minimum atomic E-state index is 0.273. The molecule has 0 aromatic heterocycles. The molecule has 0 unspecified atom stereocenters. The van der Waals surface area contributed by atoms with Gasteiger partial charge in [0.1, 0.15) is 0 Å². The summed E-state index contributed by atoms with van der Waals surface area (Å²) in [5.74, 6) is 6.01. The van der Waals surface area contributed by atoms with E-state index in [0.717, 1.165) is 12.5 Å². The third-order valence-corrected chi connectivity index (χ3v) is 1.35. The van der Waals surface area contributed by atoms with Crippen LogP contribution < -0.4 is 11.3 Å². The van der Waals surface area contributed by atoms with Gasteiger partial charge in [-0.2, -0.15) is 0 Å². The number of hydrogen-bond acceptors (Lipinski definition) is 2. The van der Waals surface area contributed by atoms with Crippen LogP contribution in [0.4, 0.5) is 0 Å². The van der Waals surface area contributed by atoms with E-state index in [1.165, 1.54) is 0 Å². The third-order valence-electron chi connectivity index (χ3n) is 1.35. The summed E-state index contributed by atoms with van der Waals surface area (Å²) in [6.07, 6.45) is 0. The van der Waals surface area contributed by atoms with Gasteiger partial charge in [-0.15, -0.1) is 0 Å². The predicted octanol–water partition coefficient (Wildman–Crippen LogP) is 0.166. The van der Waals surface area contributed by atoms with Crippen LogP contribution in [-0.2, 0) is 0 Å². The van der Waals surface area contributed by atoms with Crippen LogP contribution in [0.2, 0.25) is 0 Å². The Kier molecular flexibility index (Phi) is 4.61. The second kappa shape index (κ2) is 4.96. The molecule has 0 atom stereocenters. The fourth-order valence-corrected chi connectivity index (χ4v) is 0.640. The number of aliphatic imine (C=N–C) groups is 1. The number of guanidine groups is 1. The molecular formula is C7H18N4. The highest BCUT2D eigenvalue weighted by Gasteiger charge is 2.01. The summed E-state index contributed by atoms with van der Waals surface area (Å²) in [5, 5.41) is 0. The van der Waals surface area contributed by atoms with E-state index in [4.69, 9.17) is 5.84 Å². The minimum absolute atomic E-state index is 0.273. The highest BCUT2D eigenvalue weighted by Crippen LogP contribution is 1.89. The van der Waals surface area contributed by atoms with E-state index in [0.29, 0.717) is 0 Å². The normalized spacial score (nSPS) is 12.0. The van der Waals surface area contributed by atoms with E-state index < -0.39 is 0 Å². The average molecular weight is 158 g/mol. The lowest BCUT2D eigenvalue weighted by Crippen LogP contribution is -2.43. The summed E-state index contributed by atoms with van der Waals surface area (Å²) in [6.45, 7) is 6.98. The number of hydrazine groups is 1. The van der Waals surface area contributed by atoms with Gasteiger partial charge in [0.2, 0.25) is 5.96 Å². The molecule has 11 heavy (non-hydrogen) atoms. The quantitative estimate of drug-likeness (QED) is 0.261. The van der Waals surface area contributed by atoms with Crippen LogP contribution >= 0.6 is 0 Å². The van der Waals surface area contributed by atoms with Gasteiger partial charge in [-0.25, -0.2) is 10.8 Å². The SMILES string of the molecule is CCN(C)C(=NC(C)C)NN. The van der Waals surface area contributed by atoms with Crippen LogP contribution in [0.15, 0.2) is 4.99 Å². The van der Waals surface area contributed by atoms with Gasteiger partial charge >= 0.3 is 0 Å². The molecule has 0 radical (unpaired) electrons. The molecule has 0 rings (SSSR count). The lowest BCUT2D eigenvalue weighted by Gasteiger charge is -2.18. The van der Waals surface area contributed by atoms with Gasteiger partial charge in [0.25, 0.3) is 0 Å². The van der Waals surface area contributed by atoms with Crippen molar-refractivity contribution in [2.45, 2.75) is 26.8 Å². The molecule has 0 heterocycles. The third kappa shape index (κ3) is 3.83. The van der Waals surface area contributed by atoms with E-state index in [-0.39, 0.29) is 6.04 Å². The summed E-state index contributed by atoms with van der Waals surface area (Å²) in [5.41, 5.74) is 2.56. The second-order valence-corrected chi connectivity index (χ2v) is 2.70. The first-order valence-electron chi connectivity index (χ1n) is 3.87. The fraction of sp³-hybridized carbons (Fsp3) is 0.857. The summed E-state index contributed by atoms with van der Waals surface area (Å²) in [4.78, 5) is 6.23. The molecule has 0 saturated carbocycles. The van der Waals surface area contributed by atoms with Crippen LogP contribution in [0.3, 0.4) is 0 Å². The first kappa shape index (κ1) is 10.2. The van der Waals surface area contributed by atoms with Crippen molar-refractivity contribution < 1.29 is 0 Å². The highest BCUT2D eigenvalue weighted by atomic mass is 15.4. The molecule has 0 amide bonds. The summed E-state index contributed by atoms with van der Waals surface area (Å²) in [7, 11) is 1.95. The molecular weight excluding hydrogens is 140 g/mol. The zero-order valence-electron chi connectivity index (χ0n) is 7.76. The lowest BCUT2D eigenvalue weighted by atomic mass is 10.4. The Balaban J connectivity index is 4.14. The molecule has 0 bridgehead atoms. The standard InChI is InChI=1S/C7H18N4/c1-5-11(4)7(10-8)9-6(2)3/h6H,5,8H2,1-4H3,(H,9,10). The van der Waals surface area contributed by atoms with Crippen LogP contribution in [0.1, 0.15) is 20.8 Å². The van der Waals surface area contributed by atoms with Gasteiger partial charge in [-0.1, -0.05) is 0 Å². The zero-order valence-corrected chi connectivity index (χ0v) is 7.76. The van der Waals surface area contributed by atoms with Crippen molar-refractivity contribution in [1.29, 1.82) is 0 Å². The zero-order chi connectivity index (χ0) is 8.85. The molecule has 0 aliphatic carbocycles. The average Bonchev–Trinajstić information content (AvgIpc) is 1.98. The van der Waals surface area contributed by atoms with Crippen molar-refractivity contribution in [3.05, 3.63) is 0 Å². The second-order valence-electron chi connectivity index (χ2n) is 2.70. The molecule has 0 fully saturated rings. The summed E-state index contributed by atoms with van der Waals surface area (Å²) >= 11 is 0. The first-order chi connectivity index (χ1) is 5.11. The van der Waals surface area contributed by atoms with Crippen molar-refractivity contribution in [2.24, 2.45) is 10.8 Å². The van der Waals surface area contributed by atoms with E-state index >= 15 is 0 Å². The minimum Gasteiger partial charge on any atom is -0.345 e. The number of hydrogen-bond donors (Lipinski definition) is 2. The van der Waals surface area contributed by atoms with E-state index in [9.17, 15) is 0 Å². The maximum absolute atomic E-state index is 5.28. The van der Waals surface area contributed by atoms with E-state index in [1.807, 2.05) is 32.7 Å². The van der Waals surface area contributed by atoms with Crippen LogP contribution in [0.25, 0.3) is 0 Å².